The quantitative estimate of drug-likeness (QED) is 0.641. The van der Waals surface area contributed by atoms with Crippen LogP contribution >= 0.6 is 34.8 Å². The van der Waals surface area contributed by atoms with E-state index in [1.165, 1.54) is 0 Å². The predicted molar refractivity (Wildman–Crippen MR) is 86.7 cm³/mol. The summed E-state index contributed by atoms with van der Waals surface area (Å²) in [5.74, 6) is -0.114. The van der Waals surface area contributed by atoms with Crippen molar-refractivity contribution in [3.63, 3.8) is 0 Å². The van der Waals surface area contributed by atoms with Gasteiger partial charge >= 0.3 is 6.09 Å². The number of carbonyl (C=O) groups excluding carboxylic acids is 2. The second-order valence-corrected chi connectivity index (χ2v) is 7.82. The maximum Gasteiger partial charge on any atom is 0.408 e. The summed E-state index contributed by atoms with van der Waals surface area (Å²) in [4.78, 5) is 24.7. The zero-order valence-corrected chi connectivity index (χ0v) is 14.0. The SMILES string of the molecule is O=C(NC1(C(=O)c2ccccc2)CCCC1)OCC(Cl)(Cl)Cl. The highest BCUT2D eigenvalue weighted by Gasteiger charge is 2.43. The Labute approximate surface area is 144 Å². The lowest BCUT2D eigenvalue weighted by Crippen LogP contribution is -2.53. The number of benzene rings is 1. The van der Waals surface area contributed by atoms with Crippen molar-refractivity contribution in [1.82, 2.24) is 5.32 Å². The van der Waals surface area contributed by atoms with Crippen LogP contribution < -0.4 is 5.32 Å². The number of hydrogen-bond acceptors (Lipinski definition) is 3. The minimum absolute atomic E-state index is 0.114. The molecule has 4 nitrogen and oxygen atoms in total. The molecular weight excluding hydrogens is 349 g/mol. The first-order chi connectivity index (χ1) is 10.3. The van der Waals surface area contributed by atoms with Crippen molar-refractivity contribution in [2.45, 2.75) is 35.0 Å². The monoisotopic (exact) mass is 363 g/mol. The van der Waals surface area contributed by atoms with E-state index in [4.69, 9.17) is 39.5 Å². The summed E-state index contributed by atoms with van der Waals surface area (Å²) in [6.07, 6.45) is 2.12. The van der Waals surface area contributed by atoms with Crippen molar-refractivity contribution in [2.75, 3.05) is 6.61 Å². The van der Waals surface area contributed by atoms with Gasteiger partial charge in [-0.15, -0.1) is 0 Å². The number of halogens is 3. The fourth-order valence-corrected chi connectivity index (χ4v) is 2.80. The Bertz CT molecular complexity index is 537. The fourth-order valence-electron chi connectivity index (χ4n) is 2.63. The van der Waals surface area contributed by atoms with E-state index in [1.54, 1.807) is 24.3 Å². The average Bonchev–Trinajstić information content (AvgIpc) is 2.94. The molecule has 0 spiro atoms. The molecule has 0 unspecified atom stereocenters. The van der Waals surface area contributed by atoms with E-state index in [9.17, 15) is 9.59 Å². The second-order valence-electron chi connectivity index (χ2n) is 5.30. The van der Waals surface area contributed by atoms with Gasteiger partial charge in [-0.1, -0.05) is 78.0 Å². The lowest BCUT2D eigenvalue weighted by atomic mass is 9.87. The van der Waals surface area contributed by atoms with Gasteiger partial charge < -0.3 is 10.1 Å². The van der Waals surface area contributed by atoms with E-state index < -0.39 is 15.4 Å². The number of hydrogen-bond donors (Lipinski definition) is 1. The van der Waals surface area contributed by atoms with Crippen LogP contribution in [0.5, 0.6) is 0 Å². The van der Waals surface area contributed by atoms with Gasteiger partial charge in [-0.2, -0.15) is 0 Å². The first-order valence-corrected chi connectivity index (χ1v) is 8.07. The zero-order valence-electron chi connectivity index (χ0n) is 11.8. The molecule has 1 fully saturated rings. The number of rotatable bonds is 4. The summed E-state index contributed by atoms with van der Waals surface area (Å²) < 4.78 is 3.20. The maximum absolute atomic E-state index is 12.8. The van der Waals surface area contributed by atoms with Gasteiger partial charge in [0.05, 0.1) is 0 Å². The Kier molecular flexibility index (Phi) is 5.59. The highest BCUT2D eigenvalue weighted by molar-refractivity contribution is 6.67. The van der Waals surface area contributed by atoms with Gasteiger partial charge in [0.2, 0.25) is 3.79 Å². The molecule has 2 rings (SSSR count). The van der Waals surface area contributed by atoms with Gasteiger partial charge in [-0.25, -0.2) is 4.79 Å². The minimum Gasteiger partial charge on any atom is -0.445 e. The normalized spacial score (nSPS) is 17.0. The van der Waals surface area contributed by atoms with Crippen LogP contribution in [0.4, 0.5) is 4.79 Å². The summed E-state index contributed by atoms with van der Waals surface area (Å²) in [5, 5.41) is 2.68. The van der Waals surface area contributed by atoms with Crippen molar-refractivity contribution >= 4 is 46.7 Å². The van der Waals surface area contributed by atoms with E-state index in [0.717, 1.165) is 12.8 Å². The van der Waals surface area contributed by atoms with E-state index in [2.05, 4.69) is 5.32 Å². The van der Waals surface area contributed by atoms with Crippen LogP contribution in [-0.4, -0.2) is 27.8 Å². The van der Waals surface area contributed by atoms with Gasteiger partial charge in [0, 0.05) is 5.56 Å². The average molecular weight is 365 g/mol. The van der Waals surface area contributed by atoms with Crippen molar-refractivity contribution in [3.05, 3.63) is 35.9 Å². The van der Waals surface area contributed by atoms with Gasteiger partial charge in [-0.3, -0.25) is 4.79 Å². The van der Waals surface area contributed by atoms with Crippen molar-refractivity contribution in [2.24, 2.45) is 0 Å². The lowest BCUT2D eigenvalue weighted by molar-refractivity contribution is 0.0821. The number of carbonyl (C=O) groups is 2. The van der Waals surface area contributed by atoms with Gasteiger partial charge in [0.15, 0.2) is 5.78 Å². The van der Waals surface area contributed by atoms with Crippen LogP contribution in [0.25, 0.3) is 0 Å². The number of amides is 1. The van der Waals surface area contributed by atoms with Gasteiger partial charge in [0.25, 0.3) is 0 Å². The molecule has 0 saturated heterocycles. The summed E-state index contributed by atoms with van der Waals surface area (Å²) in [6.45, 7) is -0.376. The number of Topliss-reactive ketones (excluding diaryl/α,β-unsaturated/α-hetero) is 1. The van der Waals surface area contributed by atoms with E-state index in [1.807, 2.05) is 6.07 Å². The van der Waals surface area contributed by atoms with Crippen LogP contribution in [-0.2, 0) is 4.74 Å². The third-order valence-electron chi connectivity index (χ3n) is 3.64. The first-order valence-electron chi connectivity index (χ1n) is 6.94. The Hall–Kier alpha value is -0.970. The summed E-state index contributed by atoms with van der Waals surface area (Å²) in [6, 6.07) is 8.88. The summed E-state index contributed by atoms with van der Waals surface area (Å²) in [5.41, 5.74) is -0.377. The molecule has 1 aromatic rings. The van der Waals surface area contributed by atoms with Crippen molar-refractivity contribution < 1.29 is 14.3 Å². The zero-order chi connectivity index (χ0) is 16.2. The van der Waals surface area contributed by atoms with Crippen LogP contribution in [0.3, 0.4) is 0 Å². The van der Waals surface area contributed by atoms with E-state index in [-0.39, 0.29) is 12.4 Å². The topological polar surface area (TPSA) is 55.4 Å². The number of ether oxygens (including phenoxy) is 1. The van der Waals surface area contributed by atoms with Crippen LogP contribution in [0.1, 0.15) is 36.0 Å². The molecule has 0 bridgehead atoms. The second kappa shape index (κ2) is 7.07. The third-order valence-corrected chi connectivity index (χ3v) is 3.96. The maximum atomic E-state index is 12.8. The third kappa shape index (κ3) is 4.51. The highest BCUT2D eigenvalue weighted by atomic mass is 35.6. The molecular formula is C15H16Cl3NO3. The fraction of sp³-hybridized carbons (Fsp3) is 0.467. The molecule has 0 radical (unpaired) electrons. The molecule has 120 valence electrons. The van der Waals surface area contributed by atoms with Gasteiger partial charge in [0.1, 0.15) is 12.1 Å². The number of ketones is 1. The molecule has 1 aromatic carbocycles. The molecule has 0 aromatic heterocycles. The summed E-state index contributed by atoms with van der Waals surface area (Å²) in [7, 11) is 0. The minimum atomic E-state index is -1.68. The molecule has 0 aliphatic heterocycles. The van der Waals surface area contributed by atoms with E-state index in [0.29, 0.717) is 18.4 Å². The molecule has 1 aliphatic rings. The van der Waals surface area contributed by atoms with Crippen molar-refractivity contribution in [3.8, 4) is 0 Å². The molecule has 22 heavy (non-hydrogen) atoms. The number of nitrogens with one attached hydrogen (secondary N) is 1. The standard InChI is InChI=1S/C15H16Cl3NO3/c16-15(17,18)10-22-13(21)19-14(8-4-5-9-14)12(20)11-6-2-1-3-7-11/h1-3,6-7H,4-5,8-10H2,(H,19,21). The molecule has 1 N–H and O–H groups in total. The Morgan fingerprint density at radius 2 is 1.73 bits per heavy atom. The molecule has 1 aliphatic carbocycles. The number of alkyl carbamates (subject to hydrolysis) is 1. The lowest BCUT2D eigenvalue weighted by Gasteiger charge is -2.28. The largest absolute Gasteiger partial charge is 0.445 e. The highest BCUT2D eigenvalue weighted by Crippen LogP contribution is 2.33. The van der Waals surface area contributed by atoms with Crippen LogP contribution in [0.2, 0.25) is 0 Å². The number of alkyl halides is 3. The Morgan fingerprint density at radius 3 is 2.27 bits per heavy atom. The van der Waals surface area contributed by atoms with Crippen molar-refractivity contribution in [1.29, 1.82) is 0 Å². The van der Waals surface area contributed by atoms with E-state index >= 15 is 0 Å². The first kappa shape index (κ1) is 17.4. The predicted octanol–water partition coefficient (Wildman–Crippen LogP) is 4.28. The van der Waals surface area contributed by atoms with Crippen LogP contribution in [0, 0.1) is 0 Å². The molecule has 0 heterocycles. The molecule has 7 heteroatoms. The molecule has 1 amide bonds. The van der Waals surface area contributed by atoms with Gasteiger partial charge in [-0.05, 0) is 12.8 Å². The molecule has 1 saturated carbocycles. The smallest absolute Gasteiger partial charge is 0.408 e. The molecule has 0 atom stereocenters. The Balaban J connectivity index is 2.09. The van der Waals surface area contributed by atoms with Crippen LogP contribution in [0.15, 0.2) is 30.3 Å². The Morgan fingerprint density at radius 1 is 1.14 bits per heavy atom. The summed E-state index contributed by atoms with van der Waals surface area (Å²) >= 11 is 16.6.